The number of para-hydroxylation sites is 1. The Labute approximate surface area is 175 Å². The van der Waals surface area contributed by atoms with Crippen molar-refractivity contribution in [2.45, 2.75) is 34.1 Å². The average Bonchev–Trinajstić information content (AvgIpc) is 2.68. The normalized spacial score (nSPS) is 9.11. The van der Waals surface area contributed by atoms with Crippen LogP contribution in [0.1, 0.15) is 54.8 Å². The van der Waals surface area contributed by atoms with Crippen LogP contribution >= 0.6 is 27.5 Å². The lowest BCUT2D eigenvalue weighted by atomic mass is 10.2. The second-order valence-corrected chi connectivity index (χ2v) is 6.23. The van der Waals surface area contributed by atoms with Crippen LogP contribution in [0.5, 0.6) is 5.75 Å². The van der Waals surface area contributed by atoms with Gasteiger partial charge < -0.3 is 10.1 Å². The number of carbonyl (C=O) groups is 2. The van der Waals surface area contributed by atoms with Crippen molar-refractivity contribution in [1.82, 2.24) is 5.32 Å². The molecule has 0 saturated carbocycles. The number of ether oxygens (including phenoxy) is 1. The molecule has 27 heavy (non-hydrogen) atoms. The van der Waals surface area contributed by atoms with Gasteiger partial charge in [-0.3, -0.25) is 9.59 Å². The molecule has 0 fully saturated rings. The summed E-state index contributed by atoms with van der Waals surface area (Å²) in [5, 5.41) is 2.33. The molecule has 0 unspecified atom stereocenters. The molecule has 0 atom stereocenters. The Bertz CT molecular complexity index is 707. The Hall–Kier alpha value is -1.85. The van der Waals surface area contributed by atoms with E-state index in [-0.39, 0.29) is 5.91 Å². The van der Waals surface area contributed by atoms with Crippen LogP contribution in [0.2, 0.25) is 0 Å². The van der Waals surface area contributed by atoms with Gasteiger partial charge in [0.2, 0.25) is 0 Å². The minimum Gasteiger partial charge on any atom is -0.493 e. The summed E-state index contributed by atoms with van der Waals surface area (Å²) in [5.74, 6) is 0.531. The molecule has 0 aliphatic rings. The average molecular weight is 457 g/mol. The number of nitrogens with one attached hydrogen (secondary N) is 1. The van der Waals surface area contributed by atoms with Gasteiger partial charge in [0.15, 0.2) is 0 Å². The van der Waals surface area contributed by atoms with E-state index in [9.17, 15) is 9.59 Å². The van der Waals surface area contributed by atoms with Crippen LogP contribution in [-0.4, -0.2) is 24.3 Å². The maximum absolute atomic E-state index is 11.4. The van der Waals surface area contributed by atoms with E-state index in [1.165, 1.54) is 0 Å². The Morgan fingerprint density at radius 3 is 2.30 bits per heavy atom. The largest absolute Gasteiger partial charge is 0.493 e. The molecular formula is C21H27BrClNO3. The zero-order valence-corrected chi connectivity index (χ0v) is 18.6. The van der Waals surface area contributed by atoms with E-state index in [1.807, 2.05) is 45.9 Å². The standard InChI is InChI=1S/C10H12BrNO.C9H9ClO2.C2H6/c1-2-6-12-10(13)8-4-3-5-9(11)7-8;1-2-12-8-6-4-3-5-7(8)9(10)11;1-2/h3-5,7H,2,6H2,1H3,(H,12,13);3-6H,2H2,1H3;1-2H3. The summed E-state index contributed by atoms with van der Waals surface area (Å²) >= 11 is 8.64. The van der Waals surface area contributed by atoms with Crippen molar-refractivity contribution in [2.24, 2.45) is 0 Å². The lowest BCUT2D eigenvalue weighted by Crippen LogP contribution is -2.23. The zero-order chi connectivity index (χ0) is 20.7. The Morgan fingerprint density at radius 2 is 1.74 bits per heavy atom. The molecule has 2 rings (SSSR count). The lowest BCUT2D eigenvalue weighted by molar-refractivity contribution is 0.0953. The third-order valence-corrected chi connectivity index (χ3v) is 3.72. The van der Waals surface area contributed by atoms with E-state index in [1.54, 1.807) is 30.3 Å². The van der Waals surface area contributed by atoms with E-state index < -0.39 is 5.24 Å². The van der Waals surface area contributed by atoms with Gasteiger partial charge in [-0.15, -0.1) is 0 Å². The van der Waals surface area contributed by atoms with Crippen LogP contribution in [0, 0.1) is 0 Å². The number of benzene rings is 2. The first-order valence-corrected chi connectivity index (χ1v) is 10.1. The number of carbonyl (C=O) groups excluding carboxylic acids is 2. The van der Waals surface area contributed by atoms with E-state index in [0.29, 0.717) is 23.5 Å². The summed E-state index contributed by atoms with van der Waals surface area (Å²) in [5.41, 5.74) is 1.11. The second kappa shape index (κ2) is 15.2. The van der Waals surface area contributed by atoms with Gasteiger partial charge in [0.05, 0.1) is 12.2 Å². The fraction of sp³-hybridized carbons (Fsp3) is 0.333. The molecule has 148 valence electrons. The Kier molecular flexibility index (Phi) is 14.2. The number of hydrogen-bond acceptors (Lipinski definition) is 3. The fourth-order valence-electron chi connectivity index (χ4n) is 1.88. The molecule has 0 radical (unpaired) electrons. The van der Waals surface area contributed by atoms with Gasteiger partial charge in [0, 0.05) is 16.6 Å². The van der Waals surface area contributed by atoms with Crippen LogP contribution < -0.4 is 10.1 Å². The van der Waals surface area contributed by atoms with Crippen molar-refractivity contribution >= 4 is 38.7 Å². The number of halogens is 2. The van der Waals surface area contributed by atoms with Crippen molar-refractivity contribution in [2.75, 3.05) is 13.2 Å². The molecule has 0 saturated heterocycles. The summed E-state index contributed by atoms with van der Waals surface area (Å²) < 4.78 is 6.12. The summed E-state index contributed by atoms with van der Waals surface area (Å²) in [6, 6.07) is 14.3. The first-order valence-electron chi connectivity index (χ1n) is 8.95. The highest BCUT2D eigenvalue weighted by atomic mass is 79.9. The zero-order valence-electron chi connectivity index (χ0n) is 16.2. The van der Waals surface area contributed by atoms with Crippen LogP contribution in [0.15, 0.2) is 53.0 Å². The van der Waals surface area contributed by atoms with E-state index in [0.717, 1.165) is 17.4 Å². The second-order valence-electron chi connectivity index (χ2n) is 4.97. The summed E-state index contributed by atoms with van der Waals surface area (Å²) in [7, 11) is 0. The molecule has 0 aliphatic carbocycles. The molecule has 2 aromatic rings. The Balaban J connectivity index is 0.000000460. The van der Waals surface area contributed by atoms with Crippen LogP contribution in [0.3, 0.4) is 0 Å². The molecule has 4 nitrogen and oxygen atoms in total. The minimum atomic E-state index is -0.487. The van der Waals surface area contributed by atoms with Gasteiger partial charge >= 0.3 is 0 Å². The highest BCUT2D eigenvalue weighted by Crippen LogP contribution is 2.19. The molecule has 0 aromatic heterocycles. The highest BCUT2D eigenvalue weighted by molar-refractivity contribution is 9.10. The van der Waals surface area contributed by atoms with Gasteiger partial charge in [-0.1, -0.05) is 54.9 Å². The quantitative estimate of drug-likeness (QED) is 0.536. The Morgan fingerprint density at radius 1 is 1.07 bits per heavy atom. The molecule has 0 bridgehead atoms. The third kappa shape index (κ3) is 10.2. The summed E-state index contributed by atoms with van der Waals surface area (Å²) in [6.07, 6.45) is 0.958. The van der Waals surface area contributed by atoms with Crippen LogP contribution in [0.4, 0.5) is 0 Å². The van der Waals surface area contributed by atoms with Crippen LogP contribution in [0.25, 0.3) is 0 Å². The first-order chi connectivity index (χ1) is 13.0. The topological polar surface area (TPSA) is 55.4 Å². The summed E-state index contributed by atoms with van der Waals surface area (Å²) in [6.45, 7) is 9.14. The monoisotopic (exact) mass is 455 g/mol. The molecule has 0 aliphatic heterocycles. The predicted molar refractivity (Wildman–Crippen MR) is 116 cm³/mol. The molecule has 1 N–H and O–H groups in total. The van der Waals surface area contributed by atoms with Crippen molar-refractivity contribution < 1.29 is 14.3 Å². The van der Waals surface area contributed by atoms with E-state index in [4.69, 9.17) is 16.3 Å². The summed E-state index contributed by atoms with van der Waals surface area (Å²) in [4.78, 5) is 22.3. The highest BCUT2D eigenvalue weighted by Gasteiger charge is 2.07. The SMILES string of the molecule is CC.CCCNC(=O)c1cccc(Br)c1.CCOc1ccccc1C(=O)Cl. The lowest BCUT2D eigenvalue weighted by Gasteiger charge is -2.05. The molecule has 0 heterocycles. The van der Waals surface area contributed by atoms with Gasteiger partial charge in [0.25, 0.3) is 11.1 Å². The smallest absolute Gasteiger partial charge is 0.256 e. The molecule has 2 aromatic carbocycles. The van der Waals surface area contributed by atoms with E-state index in [2.05, 4.69) is 21.2 Å². The minimum absolute atomic E-state index is 0.0110. The van der Waals surface area contributed by atoms with Gasteiger partial charge in [0.1, 0.15) is 5.75 Å². The fourth-order valence-corrected chi connectivity index (χ4v) is 2.44. The third-order valence-electron chi connectivity index (χ3n) is 3.02. The van der Waals surface area contributed by atoms with Crippen LogP contribution in [-0.2, 0) is 0 Å². The van der Waals surface area contributed by atoms with Crippen molar-refractivity contribution in [1.29, 1.82) is 0 Å². The molecule has 0 spiro atoms. The van der Waals surface area contributed by atoms with Gasteiger partial charge in [-0.05, 0) is 55.3 Å². The van der Waals surface area contributed by atoms with Gasteiger partial charge in [-0.2, -0.15) is 0 Å². The number of rotatable bonds is 6. The molecule has 1 amide bonds. The van der Waals surface area contributed by atoms with E-state index >= 15 is 0 Å². The van der Waals surface area contributed by atoms with Gasteiger partial charge in [-0.25, -0.2) is 0 Å². The first kappa shape index (κ1) is 25.1. The van der Waals surface area contributed by atoms with Crippen molar-refractivity contribution in [3.8, 4) is 5.75 Å². The maximum atomic E-state index is 11.4. The van der Waals surface area contributed by atoms with Crippen molar-refractivity contribution in [3.63, 3.8) is 0 Å². The number of hydrogen-bond donors (Lipinski definition) is 1. The molecule has 6 heteroatoms. The van der Waals surface area contributed by atoms with Crippen molar-refractivity contribution in [3.05, 3.63) is 64.1 Å². The molecular weight excluding hydrogens is 430 g/mol. The predicted octanol–water partition coefficient (Wildman–Crippen LogP) is 6.08. The number of amides is 1. The maximum Gasteiger partial charge on any atom is 0.256 e.